The molecule has 0 amide bonds. The molecule has 1 aliphatic carbocycles. The molecule has 0 atom stereocenters. The molecule has 0 saturated carbocycles. The number of nitrogens with zero attached hydrogens (tertiary/aromatic N) is 2. The van der Waals surface area contributed by atoms with Crippen molar-refractivity contribution in [1.29, 1.82) is 0 Å². The zero-order valence-corrected chi connectivity index (χ0v) is 17.4. The van der Waals surface area contributed by atoms with Crippen molar-refractivity contribution in [2.75, 3.05) is 25.1 Å². The Morgan fingerprint density at radius 1 is 1.00 bits per heavy atom. The lowest BCUT2D eigenvalue weighted by Gasteiger charge is -2.39. The van der Waals surface area contributed by atoms with Crippen LogP contribution in [0.25, 0.3) is 21.9 Å². The molecule has 0 radical (unpaired) electrons. The van der Waals surface area contributed by atoms with Crippen LogP contribution >= 0.6 is 0 Å². The van der Waals surface area contributed by atoms with Crippen molar-refractivity contribution < 1.29 is 8.42 Å². The van der Waals surface area contributed by atoms with Crippen molar-refractivity contribution in [2.24, 2.45) is 0 Å². The number of aryl methyl sites for hydroxylation is 1. The molecule has 1 aromatic heterocycles. The van der Waals surface area contributed by atoms with Gasteiger partial charge in [-0.2, -0.15) is 0 Å². The van der Waals surface area contributed by atoms with E-state index in [9.17, 15) is 8.42 Å². The van der Waals surface area contributed by atoms with Crippen LogP contribution in [0.4, 0.5) is 5.82 Å². The van der Waals surface area contributed by atoms with Crippen molar-refractivity contribution in [2.45, 2.75) is 31.1 Å². The molecule has 1 spiro atoms. The molecule has 3 aromatic rings. The summed E-state index contributed by atoms with van der Waals surface area (Å²) in [7, 11) is -3.10. The van der Waals surface area contributed by atoms with Gasteiger partial charge in [0, 0.05) is 24.7 Å². The van der Waals surface area contributed by atoms with Gasteiger partial charge in [-0.05, 0) is 70.9 Å². The van der Waals surface area contributed by atoms with Crippen LogP contribution in [0.3, 0.4) is 0 Å². The van der Waals surface area contributed by atoms with Gasteiger partial charge >= 0.3 is 0 Å². The summed E-state index contributed by atoms with van der Waals surface area (Å²) in [5, 5.41) is 2.08. The van der Waals surface area contributed by atoms with E-state index in [2.05, 4.69) is 41.4 Å². The van der Waals surface area contributed by atoms with Crippen LogP contribution in [-0.2, 0) is 21.9 Å². The molecule has 5 nitrogen and oxygen atoms in total. The van der Waals surface area contributed by atoms with Crippen LogP contribution in [0.2, 0.25) is 0 Å². The molecule has 150 valence electrons. The lowest BCUT2D eigenvalue weighted by Crippen LogP contribution is -2.43. The van der Waals surface area contributed by atoms with Gasteiger partial charge in [-0.1, -0.05) is 30.3 Å². The second-order valence-electron chi connectivity index (χ2n) is 8.45. The molecule has 2 N–H and O–H groups in total. The normalized spacial score (nSPS) is 18.9. The minimum absolute atomic E-state index is 0.132. The molecule has 0 unspecified atom stereocenters. The highest BCUT2D eigenvalue weighted by Crippen LogP contribution is 2.47. The number of hydrogen-bond donors (Lipinski definition) is 1. The van der Waals surface area contributed by atoms with Gasteiger partial charge in [-0.25, -0.2) is 17.7 Å². The first-order chi connectivity index (χ1) is 13.9. The maximum absolute atomic E-state index is 11.9. The fraction of sp³-hybridized carbons (Fsp3) is 0.348. The molecule has 2 aromatic carbocycles. The Balaban J connectivity index is 1.47. The number of pyridine rings is 1. The molecular weight excluding hydrogens is 382 g/mol. The van der Waals surface area contributed by atoms with Gasteiger partial charge in [0.15, 0.2) is 0 Å². The molecule has 2 aliphatic rings. The standard InChI is InChI=1S/C23H25N3O2S/c1-29(27,28)26-12-9-23(10-13-26)8-6-19-14-17(4-5-21(19)23)18-3-2-16-7-11-25-22(24)20(16)15-18/h2-5,7,11,14-15H,6,8-10,12-13H2,1H3,(H2,24,25). The first-order valence-corrected chi connectivity index (χ1v) is 11.9. The van der Waals surface area contributed by atoms with E-state index in [-0.39, 0.29) is 5.41 Å². The number of piperidine rings is 1. The van der Waals surface area contributed by atoms with E-state index in [1.165, 1.54) is 22.9 Å². The van der Waals surface area contributed by atoms with Gasteiger partial charge in [-0.3, -0.25) is 0 Å². The Morgan fingerprint density at radius 3 is 2.48 bits per heavy atom. The highest BCUT2D eigenvalue weighted by Gasteiger charge is 2.42. The van der Waals surface area contributed by atoms with Crippen molar-refractivity contribution in [3.63, 3.8) is 0 Å². The summed E-state index contributed by atoms with van der Waals surface area (Å²) in [5.74, 6) is 0.557. The van der Waals surface area contributed by atoms with Crippen molar-refractivity contribution in [3.05, 3.63) is 59.8 Å². The number of fused-ring (bicyclic) bond motifs is 3. The minimum Gasteiger partial charge on any atom is -0.383 e. The van der Waals surface area contributed by atoms with Gasteiger partial charge < -0.3 is 5.73 Å². The lowest BCUT2D eigenvalue weighted by atomic mass is 9.74. The molecular formula is C23H25N3O2S. The van der Waals surface area contributed by atoms with Crippen molar-refractivity contribution in [3.8, 4) is 11.1 Å². The van der Waals surface area contributed by atoms with Gasteiger partial charge in [0.05, 0.1) is 6.26 Å². The molecule has 1 saturated heterocycles. The van der Waals surface area contributed by atoms with Gasteiger partial charge in [0.2, 0.25) is 10.0 Å². The average molecular weight is 408 g/mol. The number of benzene rings is 2. The molecule has 29 heavy (non-hydrogen) atoms. The average Bonchev–Trinajstić information content (AvgIpc) is 3.05. The maximum Gasteiger partial charge on any atom is 0.211 e. The highest BCUT2D eigenvalue weighted by atomic mass is 32.2. The van der Waals surface area contributed by atoms with Crippen LogP contribution in [0.15, 0.2) is 48.7 Å². The Labute approximate surface area is 171 Å². The third-order valence-electron chi connectivity index (χ3n) is 6.83. The Hall–Kier alpha value is -2.44. The molecule has 5 rings (SSSR count). The lowest BCUT2D eigenvalue weighted by molar-refractivity contribution is 0.233. The number of rotatable bonds is 2. The Bertz CT molecular complexity index is 1210. The molecule has 6 heteroatoms. The summed E-state index contributed by atoms with van der Waals surface area (Å²) in [6.07, 6.45) is 7.03. The van der Waals surface area contributed by atoms with E-state index in [1.54, 1.807) is 10.5 Å². The van der Waals surface area contributed by atoms with E-state index in [0.29, 0.717) is 18.9 Å². The summed E-state index contributed by atoms with van der Waals surface area (Å²) in [5.41, 5.74) is 11.4. The largest absolute Gasteiger partial charge is 0.383 e. The monoisotopic (exact) mass is 407 g/mol. The van der Waals surface area contributed by atoms with Gasteiger partial charge in [-0.15, -0.1) is 0 Å². The second-order valence-corrected chi connectivity index (χ2v) is 10.4. The van der Waals surface area contributed by atoms with Crippen LogP contribution in [0.1, 0.15) is 30.4 Å². The summed E-state index contributed by atoms with van der Waals surface area (Å²) >= 11 is 0. The Kier molecular flexibility index (Phi) is 4.19. The number of sulfonamides is 1. The van der Waals surface area contributed by atoms with Crippen LogP contribution in [0, 0.1) is 0 Å². The Morgan fingerprint density at radius 2 is 1.72 bits per heavy atom. The first kappa shape index (κ1) is 18.6. The summed E-state index contributed by atoms with van der Waals surface area (Å²) in [6.45, 7) is 1.24. The van der Waals surface area contributed by atoms with Crippen molar-refractivity contribution in [1.82, 2.24) is 9.29 Å². The number of nitrogens with two attached hydrogens (primary N) is 1. The van der Waals surface area contributed by atoms with Gasteiger partial charge in [0.25, 0.3) is 0 Å². The van der Waals surface area contributed by atoms with Crippen LogP contribution < -0.4 is 5.73 Å². The molecule has 1 aliphatic heterocycles. The maximum atomic E-state index is 11.9. The highest BCUT2D eigenvalue weighted by molar-refractivity contribution is 7.88. The van der Waals surface area contributed by atoms with E-state index in [1.807, 2.05) is 6.07 Å². The summed E-state index contributed by atoms with van der Waals surface area (Å²) in [4.78, 5) is 4.21. The number of anilines is 1. The topological polar surface area (TPSA) is 76.3 Å². The molecule has 1 fully saturated rings. The number of aromatic nitrogens is 1. The van der Waals surface area contributed by atoms with E-state index >= 15 is 0 Å². The van der Waals surface area contributed by atoms with E-state index in [4.69, 9.17) is 5.73 Å². The second kappa shape index (κ2) is 6.54. The zero-order valence-electron chi connectivity index (χ0n) is 16.6. The third-order valence-corrected chi connectivity index (χ3v) is 8.13. The van der Waals surface area contributed by atoms with Crippen LogP contribution in [-0.4, -0.2) is 37.1 Å². The molecule has 0 bridgehead atoms. The van der Waals surface area contributed by atoms with E-state index in [0.717, 1.165) is 42.0 Å². The van der Waals surface area contributed by atoms with Crippen LogP contribution in [0.5, 0.6) is 0 Å². The van der Waals surface area contributed by atoms with E-state index < -0.39 is 10.0 Å². The predicted molar refractivity (Wildman–Crippen MR) is 117 cm³/mol. The summed E-state index contributed by atoms with van der Waals surface area (Å²) in [6, 6.07) is 15.1. The fourth-order valence-electron chi connectivity index (χ4n) is 5.14. The molecule has 2 heterocycles. The fourth-order valence-corrected chi connectivity index (χ4v) is 5.99. The minimum atomic E-state index is -3.10. The first-order valence-electron chi connectivity index (χ1n) is 10.1. The zero-order chi connectivity index (χ0) is 20.2. The quantitative estimate of drug-likeness (QED) is 0.702. The third kappa shape index (κ3) is 3.11. The summed E-state index contributed by atoms with van der Waals surface area (Å²) < 4.78 is 25.4. The number of nitrogen functional groups attached to an aromatic ring is 1. The van der Waals surface area contributed by atoms with Gasteiger partial charge in [0.1, 0.15) is 5.82 Å². The number of hydrogen-bond acceptors (Lipinski definition) is 4. The SMILES string of the molecule is CS(=O)(=O)N1CCC2(CCc3cc(-c4ccc5ccnc(N)c5c4)ccc32)CC1. The smallest absolute Gasteiger partial charge is 0.211 e. The van der Waals surface area contributed by atoms with Crippen molar-refractivity contribution >= 4 is 26.6 Å². The predicted octanol–water partition coefficient (Wildman–Crippen LogP) is 3.72.